The van der Waals surface area contributed by atoms with Crippen molar-refractivity contribution in [2.45, 2.75) is 30.8 Å². The third-order valence-electron chi connectivity index (χ3n) is 4.59. The zero-order chi connectivity index (χ0) is 21.9. The fraction of sp³-hybridized carbons (Fsp3) is 0.250. The molecule has 1 aliphatic heterocycles. The molecule has 0 spiro atoms. The van der Waals surface area contributed by atoms with Crippen LogP contribution in [0.2, 0.25) is 0 Å². The lowest BCUT2D eigenvalue weighted by Crippen LogP contribution is -2.38. The van der Waals surface area contributed by atoms with Crippen LogP contribution in [0.4, 0.5) is 5.69 Å². The minimum atomic E-state index is -3.77. The average Bonchev–Trinajstić information content (AvgIpc) is 2.99. The summed E-state index contributed by atoms with van der Waals surface area (Å²) in [5.74, 6) is -1.23. The molecule has 9 nitrogen and oxygen atoms in total. The van der Waals surface area contributed by atoms with Gasteiger partial charge in [-0.1, -0.05) is 12.1 Å². The Labute approximate surface area is 173 Å². The molecule has 2 aromatic rings. The zero-order valence-corrected chi connectivity index (χ0v) is 17.0. The molecular weight excluding hydrogens is 410 g/mol. The molecular formula is C20H21N3O6S. The topological polar surface area (TPSA) is 136 Å². The van der Waals surface area contributed by atoms with E-state index in [1.165, 1.54) is 36.4 Å². The smallest absolute Gasteiger partial charge is 0.338 e. The van der Waals surface area contributed by atoms with Crippen molar-refractivity contribution in [2.75, 3.05) is 11.5 Å². The Bertz CT molecular complexity index is 1060. The van der Waals surface area contributed by atoms with Crippen LogP contribution in [0.1, 0.15) is 29.3 Å². The van der Waals surface area contributed by atoms with Crippen LogP contribution in [-0.4, -0.2) is 38.9 Å². The second kappa shape index (κ2) is 8.74. The van der Waals surface area contributed by atoms with Gasteiger partial charge in [0, 0.05) is 6.54 Å². The monoisotopic (exact) mass is 431 g/mol. The number of rotatable bonds is 7. The van der Waals surface area contributed by atoms with Gasteiger partial charge in [0.25, 0.3) is 5.91 Å². The number of anilines is 1. The Kier molecular flexibility index (Phi) is 6.30. The number of imide groups is 1. The van der Waals surface area contributed by atoms with E-state index in [0.717, 1.165) is 10.5 Å². The number of ether oxygens (including phenoxy) is 1. The first kappa shape index (κ1) is 21.6. The summed E-state index contributed by atoms with van der Waals surface area (Å²) in [6.45, 7) is 2.22. The summed E-state index contributed by atoms with van der Waals surface area (Å²) in [5, 5.41) is 8.08. The second-order valence-electron chi connectivity index (χ2n) is 6.66. The lowest BCUT2D eigenvalue weighted by Gasteiger charge is -2.16. The van der Waals surface area contributed by atoms with Crippen LogP contribution < -0.4 is 15.4 Å². The molecule has 1 atom stereocenters. The molecule has 0 radical (unpaired) electrons. The number of esters is 1. The molecule has 1 heterocycles. The molecule has 0 bridgehead atoms. The van der Waals surface area contributed by atoms with Gasteiger partial charge in [-0.05, 0) is 48.9 Å². The summed E-state index contributed by atoms with van der Waals surface area (Å²) < 4.78 is 27.5. The van der Waals surface area contributed by atoms with Crippen LogP contribution in [0.15, 0.2) is 53.4 Å². The maximum absolute atomic E-state index is 12.7. The predicted octanol–water partition coefficient (Wildman–Crippen LogP) is 0.932. The third-order valence-corrected chi connectivity index (χ3v) is 5.52. The van der Waals surface area contributed by atoms with Gasteiger partial charge in [-0.25, -0.2) is 23.3 Å². The van der Waals surface area contributed by atoms with E-state index in [2.05, 4.69) is 5.32 Å². The number of hydrogen-bond acceptors (Lipinski definition) is 7. The summed E-state index contributed by atoms with van der Waals surface area (Å²) >= 11 is 0. The highest BCUT2D eigenvalue weighted by molar-refractivity contribution is 7.89. The van der Waals surface area contributed by atoms with Crippen molar-refractivity contribution in [1.82, 2.24) is 5.32 Å². The van der Waals surface area contributed by atoms with Gasteiger partial charge in [0.05, 0.1) is 35.2 Å². The van der Waals surface area contributed by atoms with E-state index in [0.29, 0.717) is 11.3 Å². The van der Waals surface area contributed by atoms with Crippen LogP contribution in [-0.2, 0) is 30.9 Å². The maximum atomic E-state index is 12.7. The van der Waals surface area contributed by atoms with Crippen molar-refractivity contribution in [2.24, 2.45) is 5.14 Å². The van der Waals surface area contributed by atoms with Crippen LogP contribution in [0, 0.1) is 0 Å². The van der Waals surface area contributed by atoms with Crippen LogP contribution >= 0.6 is 0 Å². The van der Waals surface area contributed by atoms with Crippen molar-refractivity contribution in [1.29, 1.82) is 0 Å². The van der Waals surface area contributed by atoms with Gasteiger partial charge < -0.3 is 10.1 Å². The highest BCUT2D eigenvalue weighted by atomic mass is 32.2. The minimum Gasteiger partial charge on any atom is -0.462 e. The third kappa shape index (κ3) is 4.73. The Morgan fingerprint density at radius 3 is 2.33 bits per heavy atom. The van der Waals surface area contributed by atoms with E-state index in [4.69, 9.17) is 9.88 Å². The molecule has 2 aromatic carbocycles. The number of benzene rings is 2. The Morgan fingerprint density at radius 1 is 1.13 bits per heavy atom. The molecule has 158 valence electrons. The normalized spacial score (nSPS) is 16.7. The Hall–Kier alpha value is -3.08. The highest BCUT2D eigenvalue weighted by Gasteiger charge is 2.39. The van der Waals surface area contributed by atoms with Crippen molar-refractivity contribution in [3.8, 4) is 0 Å². The second-order valence-corrected chi connectivity index (χ2v) is 8.22. The molecule has 30 heavy (non-hydrogen) atoms. The number of primary sulfonamides is 1. The summed E-state index contributed by atoms with van der Waals surface area (Å²) in [7, 11) is -3.77. The van der Waals surface area contributed by atoms with E-state index in [1.54, 1.807) is 19.1 Å². The van der Waals surface area contributed by atoms with Gasteiger partial charge in [0.2, 0.25) is 15.9 Å². The van der Waals surface area contributed by atoms with Crippen molar-refractivity contribution in [3.05, 3.63) is 59.7 Å². The van der Waals surface area contributed by atoms with E-state index in [-0.39, 0.29) is 30.4 Å². The largest absolute Gasteiger partial charge is 0.462 e. The Balaban J connectivity index is 1.65. The Morgan fingerprint density at radius 2 is 1.77 bits per heavy atom. The summed E-state index contributed by atoms with van der Waals surface area (Å²) in [6.07, 6.45) is -0.00623. The fourth-order valence-corrected chi connectivity index (χ4v) is 3.58. The maximum Gasteiger partial charge on any atom is 0.338 e. The van der Waals surface area contributed by atoms with Gasteiger partial charge in [-0.15, -0.1) is 0 Å². The first-order valence-corrected chi connectivity index (χ1v) is 10.7. The van der Waals surface area contributed by atoms with E-state index < -0.39 is 27.9 Å². The highest BCUT2D eigenvalue weighted by Crippen LogP contribution is 2.24. The number of nitrogens with zero attached hydrogens (tertiary/aromatic N) is 1. The molecule has 3 rings (SSSR count). The van der Waals surface area contributed by atoms with Crippen molar-refractivity contribution in [3.63, 3.8) is 0 Å². The summed E-state index contributed by atoms with van der Waals surface area (Å²) in [6, 6.07) is 11.3. The molecule has 1 fully saturated rings. The van der Waals surface area contributed by atoms with Crippen LogP contribution in [0.3, 0.4) is 0 Å². The minimum absolute atomic E-state index is 0.00388. The molecule has 10 heteroatoms. The van der Waals surface area contributed by atoms with E-state index >= 15 is 0 Å². The SMILES string of the molecule is CCOC(=O)c1ccc(N2C(=O)C[C@@H](NCc3ccc(S(N)(=O)=O)cc3)C2=O)cc1. The molecule has 2 amide bonds. The number of hydrogen-bond donors (Lipinski definition) is 2. The number of sulfonamides is 1. The molecule has 0 aliphatic carbocycles. The molecule has 1 saturated heterocycles. The van der Waals surface area contributed by atoms with Crippen molar-refractivity contribution >= 4 is 33.5 Å². The first-order chi connectivity index (χ1) is 14.2. The molecule has 0 aromatic heterocycles. The molecule has 0 unspecified atom stereocenters. The molecule has 3 N–H and O–H groups in total. The predicted molar refractivity (Wildman–Crippen MR) is 108 cm³/mol. The standard InChI is InChI=1S/C20H21N3O6S/c1-2-29-20(26)14-5-7-15(8-6-14)23-18(24)11-17(19(23)25)22-12-13-3-9-16(10-4-13)30(21,27)28/h3-10,17,22H,2,11-12H2,1H3,(H2,21,27,28)/t17-/m1/s1. The summed E-state index contributed by atoms with van der Waals surface area (Å²) in [5.41, 5.74) is 1.44. The average molecular weight is 431 g/mol. The van der Waals surface area contributed by atoms with Gasteiger partial charge in [0.15, 0.2) is 0 Å². The van der Waals surface area contributed by atoms with E-state index in [9.17, 15) is 22.8 Å². The van der Waals surface area contributed by atoms with Crippen molar-refractivity contribution < 1.29 is 27.5 Å². The van der Waals surface area contributed by atoms with E-state index in [1.807, 2.05) is 0 Å². The lowest BCUT2D eigenvalue weighted by molar-refractivity contribution is -0.121. The summed E-state index contributed by atoms with van der Waals surface area (Å²) in [4.78, 5) is 37.9. The first-order valence-electron chi connectivity index (χ1n) is 9.20. The number of nitrogens with two attached hydrogens (primary N) is 1. The quantitative estimate of drug-likeness (QED) is 0.492. The number of carbonyl (C=O) groups excluding carboxylic acids is 3. The van der Waals surface area contributed by atoms with Gasteiger partial charge >= 0.3 is 5.97 Å². The molecule has 1 aliphatic rings. The van der Waals surface area contributed by atoms with Gasteiger partial charge in [0.1, 0.15) is 0 Å². The number of amides is 2. The van der Waals surface area contributed by atoms with Gasteiger partial charge in [-0.2, -0.15) is 0 Å². The number of nitrogens with one attached hydrogen (secondary N) is 1. The number of carbonyl (C=O) groups is 3. The lowest BCUT2D eigenvalue weighted by atomic mass is 10.2. The van der Waals surface area contributed by atoms with Crippen LogP contribution in [0.25, 0.3) is 0 Å². The zero-order valence-electron chi connectivity index (χ0n) is 16.2. The van der Waals surface area contributed by atoms with Gasteiger partial charge in [-0.3, -0.25) is 9.59 Å². The van der Waals surface area contributed by atoms with Crippen LogP contribution in [0.5, 0.6) is 0 Å². The molecule has 0 saturated carbocycles. The fourth-order valence-electron chi connectivity index (χ4n) is 3.06.